The minimum absolute atomic E-state index is 0.235. The van der Waals surface area contributed by atoms with Crippen LogP contribution in [0.3, 0.4) is 0 Å². The molecule has 0 atom stereocenters. The van der Waals surface area contributed by atoms with Crippen LogP contribution in [0.2, 0.25) is 0 Å². The molecule has 0 spiro atoms. The minimum Gasteiger partial charge on any atom is -0.465 e. The summed E-state index contributed by atoms with van der Waals surface area (Å²) in [6.45, 7) is 14.3. The Hall–Kier alpha value is -3.86. The number of aromatic nitrogens is 1. The molecule has 36 heavy (non-hydrogen) atoms. The molecule has 1 aliphatic rings. The van der Waals surface area contributed by atoms with E-state index in [0.29, 0.717) is 22.8 Å². The first kappa shape index (κ1) is 25.2. The minimum atomic E-state index is -0.517. The lowest BCUT2D eigenvalue weighted by molar-refractivity contribution is -0.136. The summed E-state index contributed by atoms with van der Waals surface area (Å²) in [5.74, 6) is -0.365. The summed E-state index contributed by atoms with van der Waals surface area (Å²) in [5.41, 5.74) is 9.59. The lowest BCUT2D eigenvalue weighted by atomic mass is 10.0. The van der Waals surface area contributed by atoms with E-state index in [9.17, 15) is 9.59 Å². The molecule has 186 valence electrons. The zero-order valence-corrected chi connectivity index (χ0v) is 22.4. The third-order valence-electron chi connectivity index (χ3n) is 7.13. The highest BCUT2D eigenvalue weighted by Crippen LogP contribution is 2.37. The molecular formula is C31H34N2O3. The maximum absolute atomic E-state index is 13.7. The van der Waals surface area contributed by atoms with Gasteiger partial charge in [0.2, 0.25) is 0 Å². The van der Waals surface area contributed by atoms with Crippen LogP contribution in [0.25, 0.3) is 11.8 Å². The average molecular weight is 483 g/mol. The van der Waals surface area contributed by atoms with E-state index in [0.717, 1.165) is 28.3 Å². The van der Waals surface area contributed by atoms with Crippen molar-refractivity contribution in [3.63, 3.8) is 0 Å². The predicted molar refractivity (Wildman–Crippen MR) is 145 cm³/mol. The Bertz CT molecular complexity index is 1420. The van der Waals surface area contributed by atoms with Crippen LogP contribution in [0.4, 0.5) is 5.69 Å². The van der Waals surface area contributed by atoms with Gasteiger partial charge in [-0.1, -0.05) is 32.0 Å². The van der Waals surface area contributed by atoms with Gasteiger partial charge in [0.15, 0.2) is 0 Å². The monoisotopic (exact) mass is 482 g/mol. The van der Waals surface area contributed by atoms with Gasteiger partial charge in [-0.2, -0.15) is 0 Å². The van der Waals surface area contributed by atoms with Gasteiger partial charge >= 0.3 is 5.97 Å². The van der Waals surface area contributed by atoms with E-state index in [4.69, 9.17) is 4.74 Å². The van der Waals surface area contributed by atoms with E-state index >= 15 is 0 Å². The Morgan fingerprint density at radius 2 is 1.53 bits per heavy atom. The number of ether oxygens (including phenoxy) is 1. The number of carbonyl (C=O) groups is 2. The molecule has 0 unspecified atom stereocenters. The number of anilines is 1. The number of aryl methyl sites for hydroxylation is 3. The SMILES string of the molecule is COC(=O)C1=C(C)N(c2ccc(C(C)C)cc2)C(=O)/C1=C\c1cc(C)n(-c2ccc(C)c(C)c2)c1C. The van der Waals surface area contributed by atoms with E-state index < -0.39 is 5.97 Å². The van der Waals surface area contributed by atoms with Crippen molar-refractivity contribution in [1.29, 1.82) is 0 Å². The van der Waals surface area contributed by atoms with Crippen molar-refractivity contribution in [2.24, 2.45) is 0 Å². The molecule has 5 nitrogen and oxygen atoms in total. The van der Waals surface area contributed by atoms with Crippen LogP contribution in [0.1, 0.15) is 60.3 Å². The van der Waals surface area contributed by atoms with Crippen LogP contribution in [0, 0.1) is 27.7 Å². The second-order valence-electron chi connectivity index (χ2n) is 9.83. The fraction of sp³-hybridized carbons (Fsp3) is 0.290. The zero-order valence-electron chi connectivity index (χ0n) is 22.4. The highest BCUT2D eigenvalue weighted by atomic mass is 16.5. The summed E-state index contributed by atoms with van der Waals surface area (Å²) in [4.78, 5) is 28.2. The molecule has 0 N–H and O–H groups in total. The Labute approximate surface area is 213 Å². The molecular weight excluding hydrogens is 448 g/mol. The van der Waals surface area contributed by atoms with Gasteiger partial charge in [0.1, 0.15) is 0 Å². The molecule has 0 fully saturated rings. The molecule has 0 bridgehead atoms. The Morgan fingerprint density at radius 3 is 2.11 bits per heavy atom. The number of rotatable bonds is 5. The van der Waals surface area contributed by atoms with Crippen LogP contribution in [0.15, 0.2) is 65.4 Å². The first-order valence-corrected chi connectivity index (χ1v) is 12.3. The summed E-state index contributed by atoms with van der Waals surface area (Å²) in [5, 5.41) is 0. The fourth-order valence-electron chi connectivity index (χ4n) is 4.85. The Morgan fingerprint density at radius 1 is 0.889 bits per heavy atom. The van der Waals surface area contributed by atoms with E-state index in [1.807, 2.05) is 44.2 Å². The van der Waals surface area contributed by atoms with Crippen molar-refractivity contribution in [2.45, 2.75) is 54.4 Å². The molecule has 2 heterocycles. The lowest BCUT2D eigenvalue weighted by Gasteiger charge is -2.19. The highest BCUT2D eigenvalue weighted by Gasteiger charge is 2.38. The normalized spacial score (nSPS) is 15.0. The number of allylic oxidation sites excluding steroid dienone is 1. The van der Waals surface area contributed by atoms with Crippen molar-refractivity contribution in [2.75, 3.05) is 12.0 Å². The molecule has 0 radical (unpaired) electrons. The van der Waals surface area contributed by atoms with Gasteiger partial charge < -0.3 is 9.30 Å². The quantitative estimate of drug-likeness (QED) is 0.300. The highest BCUT2D eigenvalue weighted by molar-refractivity contribution is 6.23. The predicted octanol–water partition coefficient (Wildman–Crippen LogP) is 6.71. The topological polar surface area (TPSA) is 51.5 Å². The number of amides is 1. The molecule has 2 aromatic carbocycles. The van der Waals surface area contributed by atoms with Crippen LogP contribution >= 0.6 is 0 Å². The first-order valence-electron chi connectivity index (χ1n) is 12.3. The van der Waals surface area contributed by atoms with Crippen molar-refractivity contribution in [1.82, 2.24) is 4.57 Å². The van der Waals surface area contributed by atoms with Crippen LogP contribution in [0.5, 0.6) is 0 Å². The maximum Gasteiger partial charge on any atom is 0.340 e. The van der Waals surface area contributed by atoms with Gasteiger partial charge in [0, 0.05) is 28.5 Å². The molecule has 0 saturated carbocycles. The number of carbonyl (C=O) groups excluding carboxylic acids is 2. The second-order valence-corrected chi connectivity index (χ2v) is 9.83. The number of nitrogens with zero attached hydrogens (tertiary/aromatic N) is 2. The van der Waals surface area contributed by atoms with Gasteiger partial charge in [-0.15, -0.1) is 0 Å². The van der Waals surface area contributed by atoms with Gasteiger partial charge in [0.25, 0.3) is 5.91 Å². The lowest BCUT2D eigenvalue weighted by Crippen LogP contribution is -2.24. The fourth-order valence-corrected chi connectivity index (χ4v) is 4.85. The summed E-state index contributed by atoms with van der Waals surface area (Å²) >= 11 is 0. The Balaban J connectivity index is 1.82. The van der Waals surface area contributed by atoms with E-state index in [1.54, 1.807) is 11.8 Å². The second kappa shape index (κ2) is 9.65. The number of hydrogen-bond donors (Lipinski definition) is 0. The maximum atomic E-state index is 13.7. The first-order chi connectivity index (χ1) is 17.0. The zero-order chi connectivity index (χ0) is 26.3. The third-order valence-corrected chi connectivity index (χ3v) is 7.13. The Kier molecular flexibility index (Phi) is 6.77. The molecule has 3 aromatic rings. The summed E-state index contributed by atoms with van der Waals surface area (Å²) in [7, 11) is 1.34. The molecule has 4 rings (SSSR count). The standard InChI is InChI=1S/C31H34N2O3/c1-18(2)24-10-13-26(14-11-24)33-23(7)29(31(35)36-8)28(30(33)34)17-25-16-21(5)32(22(25)6)27-12-9-19(3)20(4)15-27/h9-18H,1-8H3/b28-17-. The van der Waals surface area contributed by atoms with Crippen LogP contribution < -0.4 is 4.90 Å². The summed E-state index contributed by atoms with van der Waals surface area (Å²) < 4.78 is 7.26. The smallest absolute Gasteiger partial charge is 0.340 e. The van der Waals surface area contributed by atoms with Crippen LogP contribution in [-0.4, -0.2) is 23.6 Å². The van der Waals surface area contributed by atoms with Gasteiger partial charge in [0.05, 0.1) is 18.3 Å². The van der Waals surface area contributed by atoms with Gasteiger partial charge in [-0.3, -0.25) is 9.69 Å². The average Bonchev–Trinajstić information content (AvgIpc) is 3.26. The van der Waals surface area contributed by atoms with E-state index in [2.05, 4.69) is 56.5 Å². The van der Waals surface area contributed by atoms with E-state index in [-0.39, 0.29) is 5.91 Å². The van der Waals surface area contributed by atoms with Crippen molar-refractivity contribution >= 4 is 23.6 Å². The van der Waals surface area contributed by atoms with Crippen molar-refractivity contribution in [3.05, 3.63) is 99.0 Å². The van der Waals surface area contributed by atoms with E-state index in [1.165, 1.54) is 23.8 Å². The summed E-state index contributed by atoms with van der Waals surface area (Å²) in [6.07, 6.45) is 1.82. The molecule has 1 aromatic heterocycles. The number of esters is 1. The van der Waals surface area contributed by atoms with Crippen LogP contribution in [-0.2, 0) is 14.3 Å². The molecule has 0 aliphatic carbocycles. The van der Waals surface area contributed by atoms with Gasteiger partial charge in [-0.05, 0) is 99.2 Å². The molecule has 1 amide bonds. The third kappa shape index (κ3) is 4.30. The molecule has 0 saturated heterocycles. The number of benzene rings is 2. The molecule has 1 aliphatic heterocycles. The molecule has 5 heteroatoms. The van der Waals surface area contributed by atoms with Crippen molar-refractivity contribution < 1.29 is 14.3 Å². The van der Waals surface area contributed by atoms with Crippen molar-refractivity contribution in [3.8, 4) is 5.69 Å². The number of hydrogen-bond acceptors (Lipinski definition) is 3. The van der Waals surface area contributed by atoms with Gasteiger partial charge in [-0.25, -0.2) is 4.79 Å². The largest absolute Gasteiger partial charge is 0.465 e. The number of methoxy groups -OCH3 is 1. The summed E-state index contributed by atoms with van der Waals surface area (Å²) in [6, 6.07) is 16.3.